The van der Waals surface area contributed by atoms with Gasteiger partial charge in [0, 0.05) is 35.1 Å². The highest BCUT2D eigenvalue weighted by Gasteiger charge is 2.17. The molecule has 1 heterocycles. The molecular weight excluding hydrogens is 300 g/mol. The predicted octanol–water partition coefficient (Wildman–Crippen LogP) is 3.85. The van der Waals surface area contributed by atoms with Crippen molar-refractivity contribution < 1.29 is 9.21 Å². The molecule has 2 aromatic rings. The summed E-state index contributed by atoms with van der Waals surface area (Å²) in [6, 6.07) is 5.84. The number of halogens is 1. The van der Waals surface area contributed by atoms with Gasteiger partial charge in [0.15, 0.2) is 5.76 Å². The first kappa shape index (κ1) is 16.8. The standard InChI is InChI=1S/C17H23ClN2O2/c1-5-20(11(2)3)9-8-19-17(21)16-12(4)14-10-13(18)6-7-15(14)22-16/h6-7,10-11H,5,8-9H2,1-4H3,(H,19,21). The summed E-state index contributed by atoms with van der Waals surface area (Å²) in [5.74, 6) is 0.189. The van der Waals surface area contributed by atoms with Crippen molar-refractivity contribution in [2.24, 2.45) is 0 Å². The highest BCUT2D eigenvalue weighted by molar-refractivity contribution is 6.31. The summed E-state index contributed by atoms with van der Waals surface area (Å²) in [6.45, 7) is 10.7. The molecule has 0 radical (unpaired) electrons. The Balaban J connectivity index is 2.05. The summed E-state index contributed by atoms with van der Waals surface area (Å²) in [5, 5.41) is 4.45. The number of likely N-dealkylation sites (N-methyl/N-ethyl adjacent to an activating group) is 1. The van der Waals surface area contributed by atoms with E-state index in [1.165, 1.54) is 0 Å². The third-order valence-corrected chi connectivity index (χ3v) is 4.16. The van der Waals surface area contributed by atoms with Crippen molar-refractivity contribution in [1.29, 1.82) is 0 Å². The lowest BCUT2D eigenvalue weighted by molar-refractivity contribution is 0.0919. The minimum absolute atomic E-state index is 0.176. The minimum atomic E-state index is -0.176. The van der Waals surface area contributed by atoms with Crippen molar-refractivity contribution in [2.45, 2.75) is 33.7 Å². The van der Waals surface area contributed by atoms with Gasteiger partial charge in [-0.3, -0.25) is 9.69 Å². The van der Waals surface area contributed by atoms with Crippen LogP contribution in [0.3, 0.4) is 0 Å². The zero-order valence-electron chi connectivity index (χ0n) is 13.6. The molecule has 22 heavy (non-hydrogen) atoms. The van der Waals surface area contributed by atoms with Crippen LogP contribution in [0, 0.1) is 6.92 Å². The Morgan fingerprint density at radius 3 is 2.77 bits per heavy atom. The lowest BCUT2D eigenvalue weighted by atomic mass is 10.1. The topological polar surface area (TPSA) is 45.5 Å². The van der Waals surface area contributed by atoms with Crippen LogP contribution < -0.4 is 5.32 Å². The SMILES string of the molecule is CCN(CCNC(=O)c1oc2ccc(Cl)cc2c1C)C(C)C. The molecule has 1 amide bonds. The fourth-order valence-corrected chi connectivity index (χ4v) is 2.76. The molecule has 120 valence electrons. The maximum atomic E-state index is 12.3. The summed E-state index contributed by atoms with van der Waals surface area (Å²) in [5.41, 5.74) is 1.51. The fourth-order valence-electron chi connectivity index (χ4n) is 2.58. The Kier molecular flexibility index (Phi) is 5.48. The summed E-state index contributed by atoms with van der Waals surface area (Å²) in [7, 11) is 0. The molecule has 0 fully saturated rings. The van der Waals surface area contributed by atoms with Crippen LogP contribution >= 0.6 is 11.6 Å². The second-order valence-corrected chi connectivity index (χ2v) is 6.11. The molecule has 1 N–H and O–H groups in total. The molecule has 1 aromatic heterocycles. The van der Waals surface area contributed by atoms with Crippen LogP contribution in [0.25, 0.3) is 11.0 Å². The Bertz CT molecular complexity index is 664. The van der Waals surface area contributed by atoms with Crippen molar-refractivity contribution in [1.82, 2.24) is 10.2 Å². The number of nitrogens with one attached hydrogen (secondary N) is 1. The van der Waals surface area contributed by atoms with Gasteiger partial charge in [-0.15, -0.1) is 0 Å². The Morgan fingerprint density at radius 1 is 1.41 bits per heavy atom. The highest BCUT2D eigenvalue weighted by Crippen LogP contribution is 2.27. The summed E-state index contributed by atoms with van der Waals surface area (Å²) in [4.78, 5) is 14.6. The van der Waals surface area contributed by atoms with Gasteiger partial charge in [-0.2, -0.15) is 0 Å². The van der Waals surface area contributed by atoms with E-state index in [4.69, 9.17) is 16.0 Å². The van der Waals surface area contributed by atoms with Crippen molar-refractivity contribution in [3.63, 3.8) is 0 Å². The summed E-state index contributed by atoms with van der Waals surface area (Å²) in [6.07, 6.45) is 0. The number of carbonyl (C=O) groups is 1. The number of fused-ring (bicyclic) bond motifs is 1. The average Bonchev–Trinajstić information content (AvgIpc) is 2.80. The number of furan rings is 1. The van der Waals surface area contributed by atoms with Gasteiger partial charge in [0.2, 0.25) is 0 Å². The van der Waals surface area contributed by atoms with E-state index in [1.807, 2.05) is 13.0 Å². The van der Waals surface area contributed by atoms with E-state index in [2.05, 4.69) is 31.0 Å². The molecule has 0 spiro atoms. The average molecular weight is 323 g/mol. The van der Waals surface area contributed by atoms with Gasteiger partial charge in [-0.05, 0) is 45.5 Å². The van der Waals surface area contributed by atoms with E-state index in [0.717, 1.165) is 24.0 Å². The van der Waals surface area contributed by atoms with E-state index in [9.17, 15) is 4.79 Å². The second-order valence-electron chi connectivity index (χ2n) is 5.67. The normalized spacial score (nSPS) is 11.6. The number of nitrogens with zero attached hydrogens (tertiary/aromatic N) is 1. The number of hydrogen-bond acceptors (Lipinski definition) is 3. The molecule has 0 aliphatic heterocycles. The lowest BCUT2D eigenvalue weighted by Gasteiger charge is -2.24. The third kappa shape index (κ3) is 3.62. The molecule has 1 aromatic carbocycles. The van der Waals surface area contributed by atoms with Gasteiger partial charge in [0.1, 0.15) is 5.58 Å². The maximum Gasteiger partial charge on any atom is 0.287 e. The zero-order valence-corrected chi connectivity index (χ0v) is 14.3. The van der Waals surface area contributed by atoms with Crippen LogP contribution in [0.4, 0.5) is 0 Å². The third-order valence-electron chi connectivity index (χ3n) is 3.93. The van der Waals surface area contributed by atoms with Crippen LogP contribution in [0.2, 0.25) is 5.02 Å². The number of aryl methyl sites for hydroxylation is 1. The molecule has 2 rings (SSSR count). The van der Waals surface area contributed by atoms with Crippen LogP contribution in [-0.2, 0) is 0 Å². The van der Waals surface area contributed by atoms with Gasteiger partial charge in [0.25, 0.3) is 5.91 Å². The van der Waals surface area contributed by atoms with Crippen LogP contribution in [-0.4, -0.2) is 36.5 Å². The Morgan fingerprint density at radius 2 is 2.14 bits per heavy atom. The molecule has 0 bridgehead atoms. The van der Waals surface area contributed by atoms with Crippen molar-refractivity contribution >= 4 is 28.5 Å². The molecule has 0 aliphatic rings. The van der Waals surface area contributed by atoms with Crippen LogP contribution in [0.1, 0.15) is 36.9 Å². The Hall–Kier alpha value is -1.52. The fraction of sp³-hybridized carbons (Fsp3) is 0.471. The first-order valence-corrected chi connectivity index (χ1v) is 8.02. The van der Waals surface area contributed by atoms with E-state index in [-0.39, 0.29) is 5.91 Å². The number of benzene rings is 1. The predicted molar refractivity (Wildman–Crippen MR) is 90.7 cm³/mol. The van der Waals surface area contributed by atoms with Crippen molar-refractivity contribution in [3.05, 3.63) is 34.5 Å². The Labute approximate surface area is 136 Å². The van der Waals surface area contributed by atoms with Gasteiger partial charge in [-0.1, -0.05) is 18.5 Å². The number of rotatable bonds is 6. The van der Waals surface area contributed by atoms with Gasteiger partial charge in [-0.25, -0.2) is 0 Å². The molecule has 4 nitrogen and oxygen atoms in total. The zero-order chi connectivity index (χ0) is 16.3. The smallest absolute Gasteiger partial charge is 0.287 e. The van der Waals surface area contributed by atoms with E-state index >= 15 is 0 Å². The molecule has 5 heteroatoms. The maximum absolute atomic E-state index is 12.3. The van der Waals surface area contributed by atoms with Gasteiger partial charge in [0.05, 0.1) is 0 Å². The number of carbonyl (C=O) groups excluding carboxylic acids is 1. The van der Waals surface area contributed by atoms with Crippen molar-refractivity contribution in [3.8, 4) is 0 Å². The molecule has 0 unspecified atom stereocenters. The number of amides is 1. The van der Waals surface area contributed by atoms with Gasteiger partial charge >= 0.3 is 0 Å². The minimum Gasteiger partial charge on any atom is -0.451 e. The lowest BCUT2D eigenvalue weighted by Crippen LogP contribution is -2.38. The first-order chi connectivity index (χ1) is 10.4. The van der Waals surface area contributed by atoms with Crippen molar-refractivity contribution in [2.75, 3.05) is 19.6 Å². The highest BCUT2D eigenvalue weighted by atomic mass is 35.5. The molecular formula is C17H23ClN2O2. The molecule has 0 saturated heterocycles. The number of hydrogen-bond donors (Lipinski definition) is 1. The largest absolute Gasteiger partial charge is 0.451 e. The first-order valence-electron chi connectivity index (χ1n) is 7.65. The van der Waals surface area contributed by atoms with Crippen LogP contribution in [0.5, 0.6) is 0 Å². The van der Waals surface area contributed by atoms with Crippen LogP contribution in [0.15, 0.2) is 22.6 Å². The molecule has 0 atom stereocenters. The summed E-state index contributed by atoms with van der Waals surface area (Å²) < 4.78 is 5.66. The monoisotopic (exact) mass is 322 g/mol. The second kappa shape index (κ2) is 7.16. The molecule has 0 saturated carbocycles. The quantitative estimate of drug-likeness (QED) is 0.878. The van der Waals surface area contributed by atoms with Gasteiger partial charge < -0.3 is 9.73 Å². The van der Waals surface area contributed by atoms with E-state index in [0.29, 0.717) is 29.0 Å². The van der Waals surface area contributed by atoms with E-state index in [1.54, 1.807) is 12.1 Å². The molecule has 0 aliphatic carbocycles. The van der Waals surface area contributed by atoms with E-state index < -0.39 is 0 Å². The summed E-state index contributed by atoms with van der Waals surface area (Å²) >= 11 is 6.00.